The summed E-state index contributed by atoms with van der Waals surface area (Å²) in [6, 6.07) is 15.6. The number of fused-ring (bicyclic) bond motifs is 1. The number of carbonyl (C=O) groups is 4. The summed E-state index contributed by atoms with van der Waals surface area (Å²) in [6.07, 6.45) is 9.34. The quantitative estimate of drug-likeness (QED) is 0.0874. The SMILES string of the molecule is CC(C)S(=O)(=O)Nc1ccc(F)c(C(=O)c2c[nH]c3ncc(-c4ccc(N5CCN(C(=O)C6CC(N7CCC(c8ccc(NC9CCC(=O)NC9=O)cc8)CC7)C6)CC5)nc4)cc23)c1F. The molecule has 3 saturated heterocycles. The molecule has 1 saturated carbocycles. The van der Waals surface area contributed by atoms with Gasteiger partial charge in [-0.15, -0.1) is 0 Å². The Morgan fingerprint density at radius 3 is 2.26 bits per heavy atom. The van der Waals surface area contributed by atoms with Crippen LogP contribution >= 0.6 is 0 Å². The minimum absolute atomic E-state index is 0.0331. The molecule has 3 amide bonds. The maximum absolute atomic E-state index is 15.6. The van der Waals surface area contributed by atoms with Gasteiger partial charge in [0, 0.05) is 90.9 Å². The molecule has 65 heavy (non-hydrogen) atoms. The predicted molar refractivity (Wildman–Crippen MR) is 242 cm³/mol. The first-order chi connectivity index (χ1) is 31.2. The van der Waals surface area contributed by atoms with Gasteiger partial charge in [0.15, 0.2) is 5.82 Å². The lowest BCUT2D eigenvalue weighted by Gasteiger charge is -2.47. The second-order valence-electron chi connectivity index (χ2n) is 17.8. The van der Waals surface area contributed by atoms with E-state index in [9.17, 15) is 32.0 Å². The van der Waals surface area contributed by atoms with E-state index in [1.807, 2.05) is 29.2 Å². The van der Waals surface area contributed by atoms with Crippen molar-refractivity contribution in [3.05, 3.63) is 102 Å². The van der Waals surface area contributed by atoms with Crippen molar-refractivity contribution >= 4 is 61.8 Å². The molecule has 1 aliphatic carbocycles. The van der Waals surface area contributed by atoms with E-state index < -0.39 is 50.0 Å². The number of piperazine rings is 1. The van der Waals surface area contributed by atoms with Crippen LogP contribution in [0.4, 0.5) is 26.0 Å². The highest BCUT2D eigenvalue weighted by atomic mass is 32.2. The number of anilines is 3. The van der Waals surface area contributed by atoms with E-state index in [1.165, 1.54) is 25.6 Å². The molecule has 18 heteroatoms. The predicted octanol–water partition coefficient (Wildman–Crippen LogP) is 5.81. The third-order valence-electron chi connectivity index (χ3n) is 13.4. The average molecular weight is 908 g/mol. The largest absolute Gasteiger partial charge is 0.374 e. The average Bonchev–Trinajstić information content (AvgIpc) is 3.72. The van der Waals surface area contributed by atoms with E-state index in [2.05, 4.69) is 47.3 Å². The molecule has 3 aromatic heterocycles. The minimum Gasteiger partial charge on any atom is -0.374 e. The maximum Gasteiger partial charge on any atom is 0.249 e. The fourth-order valence-electron chi connectivity index (χ4n) is 9.32. The van der Waals surface area contributed by atoms with Crippen molar-refractivity contribution in [1.82, 2.24) is 30.1 Å². The highest BCUT2D eigenvalue weighted by molar-refractivity contribution is 7.93. The van der Waals surface area contributed by atoms with Crippen molar-refractivity contribution in [2.45, 2.75) is 75.6 Å². The Kier molecular flexibility index (Phi) is 12.1. The lowest BCUT2D eigenvalue weighted by atomic mass is 9.77. The van der Waals surface area contributed by atoms with E-state index in [1.54, 1.807) is 18.5 Å². The first kappa shape index (κ1) is 44.0. The lowest BCUT2D eigenvalue weighted by molar-refractivity contribution is -0.141. The van der Waals surface area contributed by atoms with Crippen LogP contribution in [0.1, 0.15) is 79.8 Å². The summed E-state index contributed by atoms with van der Waals surface area (Å²) in [6.45, 7) is 7.32. The number of hydrogen-bond donors (Lipinski definition) is 4. The summed E-state index contributed by atoms with van der Waals surface area (Å²) in [7, 11) is -3.97. The number of piperidine rings is 2. The highest BCUT2D eigenvalue weighted by Crippen LogP contribution is 2.38. The monoisotopic (exact) mass is 907 g/mol. The Morgan fingerprint density at radius 1 is 0.862 bits per heavy atom. The standard InChI is InChI=1S/C47H51F2N9O6S/c1-27(2)65(63,64)55-38-9-8-37(48)42(43(38)49)44(60)36-26-52-45-35(36)23-32(25-51-45)30-5-11-40(50-24-30)57-17-19-58(20-18-57)47(62)31-21-34(22-31)56-15-13-29(14-16-56)28-3-6-33(7-4-28)53-39-10-12-41(59)54-46(39)61/h3-9,11,23-27,29,31,34,39,53,55H,10,12-22H2,1-2H3,(H,51,52)(H,54,59,61). The Morgan fingerprint density at radius 2 is 1.58 bits per heavy atom. The Balaban J connectivity index is 0.749. The molecule has 5 aromatic rings. The highest BCUT2D eigenvalue weighted by Gasteiger charge is 2.41. The minimum atomic E-state index is -3.97. The van der Waals surface area contributed by atoms with Crippen molar-refractivity contribution in [2.75, 3.05) is 54.2 Å². The number of likely N-dealkylation sites (tertiary alicyclic amines) is 1. The zero-order valence-electron chi connectivity index (χ0n) is 36.1. The molecule has 3 aliphatic heterocycles. The van der Waals surface area contributed by atoms with Crippen LogP contribution in [0.15, 0.2) is 73.2 Å². The van der Waals surface area contributed by atoms with E-state index in [0.717, 1.165) is 62.4 Å². The Labute approximate surface area is 375 Å². The molecule has 6 heterocycles. The first-order valence-corrected chi connectivity index (χ1v) is 23.7. The van der Waals surface area contributed by atoms with Crippen molar-refractivity contribution in [2.24, 2.45) is 5.92 Å². The lowest BCUT2D eigenvalue weighted by Crippen LogP contribution is -2.55. The third-order valence-corrected chi connectivity index (χ3v) is 15.2. The number of halogens is 2. The molecule has 1 atom stereocenters. The number of pyridine rings is 2. The maximum atomic E-state index is 15.6. The number of rotatable bonds is 12. The van der Waals surface area contributed by atoms with Gasteiger partial charge in [-0.2, -0.15) is 0 Å². The molecular weight excluding hydrogens is 857 g/mol. The number of H-pyrrole nitrogens is 1. The summed E-state index contributed by atoms with van der Waals surface area (Å²) in [4.78, 5) is 69.5. The number of sulfonamides is 1. The van der Waals surface area contributed by atoms with E-state index in [4.69, 9.17) is 4.98 Å². The second-order valence-corrected chi connectivity index (χ2v) is 20.0. The summed E-state index contributed by atoms with van der Waals surface area (Å²) in [5.74, 6) is -2.42. The van der Waals surface area contributed by atoms with Gasteiger partial charge in [0.25, 0.3) is 0 Å². The smallest absolute Gasteiger partial charge is 0.249 e. The van der Waals surface area contributed by atoms with E-state index in [0.29, 0.717) is 73.1 Å². The van der Waals surface area contributed by atoms with Crippen LogP contribution in [0.5, 0.6) is 0 Å². The molecule has 0 spiro atoms. The number of aromatic nitrogens is 3. The van der Waals surface area contributed by atoms with E-state index >= 15 is 4.39 Å². The molecular formula is C47H51F2N9O6S. The van der Waals surface area contributed by atoms with Gasteiger partial charge in [0.05, 0.1) is 16.5 Å². The first-order valence-electron chi connectivity index (χ1n) is 22.2. The van der Waals surface area contributed by atoms with Gasteiger partial charge in [-0.1, -0.05) is 12.1 Å². The van der Waals surface area contributed by atoms with Gasteiger partial charge in [-0.25, -0.2) is 27.2 Å². The summed E-state index contributed by atoms with van der Waals surface area (Å²) >= 11 is 0. The molecule has 4 N–H and O–H groups in total. The number of ketones is 1. The van der Waals surface area contributed by atoms with Crippen LogP contribution in [-0.4, -0.2) is 113 Å². The van der Waals surface area contributed by atoms with Gasteiger partial charge >= 0.3 is 0 Å². The topological polar surface area (TPSA) is 190 Å². The fourth-order valence-corrected chi connectivity index (χ4v) is 10.0. The third kappa shape index (κ3) is 9.05. The number of hydrogen-bond acceptors (Lipinski definition) is 11. The molecule has 2 aromatic carbocycles. The van der Waals surface area contributed by atoms with Gasteiger partial charge in [-0.05, 0) is 113 Å². The molecule has 1 unspecified atom stereocenters. The van der Waals surface area contributed by atoms with Gasteiger partial charge in [-0.3, -0.25) is 29.2 Å². The Bertz CT molecular complexity index is 2740. The summed E-state index contributed by atoms with van der Waals surface area (Å²) < 4.78 is 57.5. The van der Waals surface area contributed by atoms with Crippen LogP contribution in [0.3, 0.4) is 0 Å². The number of aromatic amines is 1. The zero-order valence-corrected chi connectivity index (χ0v) is 37.0. The van der Waals surface area contributed by atoms with Crippen LogP contribution in [0, 0.1) is 17.6 Å². The van der Waals surface area contributed by atoms with Gasteiger partial charge in [0.2, 0.25) is 33.5 Å². The van der Waals surface area contributed by atoms with Crippen molar-refractivity contribution in [3.63, 3.8) is 0 Å². The number of nitrogens with zero attached hydrogens (tertiary/aromatic N) is 5. The number of benzene rings is 2. The van der Waals surface area contributed by atoms with Crippen molar-refractivity contribution in [3.8, 4) is 11.1 Å². The van der Waals surface area contributed by atoms with Crippen molar-refractivity contribution in [1.29, 1.82) is 0 Å². The molecule has 15 nitrogen and oxygen atoms in total. The number of nitrogens with one attached hydrogen (secondary N) is 4. The molecule has 4 aliphatic rings. The molecule has 4 fully saturated rings. The summed E-state index contributed by atoms with van der Waals surface area (Å²) in [5, 5.41) is 5.08. The Hall–Kier alpha value is -6.27. The molecule has 340 valence electrons. The van der Waals surface area contributed by atoms with Gasteiger partial charge < -0.3 is 25.0 Å². The van der Waals surface area contributed by atoms with Crippen LogP contribution < -0.4 is 20.3 Å². The molecule has 0 radical (unpaired) electrons. The normalized spacial score (nSPS) is 21.0. The van der Waals surface area contributed by atoms with Crippen LogP contribution in [0.2, 0.25) is 0 Å². The number of amides is 3. The van der Waals surface area contributed by atoms with Crippen LogP contribution in [0.25, 0.3) is 22.2 Å². The van der Waals surface area contributed by atoms with Gasteiger partial charge in [0.1, 0.15) is 23.3 Å². The second kappa shape index (κ2) is 18.0. The van der Waals surface area contributed by atoms with E-state index in [-0.39, 0.29) is 29.2 Å². The molecule has 9 rings (SSSR count). The zero-order chi connectivity index (χ0) is 45.6. The number of imide groups is 1. The fraction of sp³-hybridized carbons (Fsp3) is 0.404. The van der Waals surface area contributed by atoms with Crippen LogP contribution in [-0.2, 0) is 24.4 Å². The summed E-state index contributed by atoms with van der Waals surface area (Å²) in [5.41, 5.74) is 2.37. The molecule has 0 bridgehead atoms. The number of carbonyl (C=O) groups excluding carboxylic acids is 4. The van der Waals surface area contributed by atoms with Crippen molar-refractivity contribution < 1.29 is 36.4 Å².